The van der Waals surface area contributed by atoms with Crippen molar-refractivity contribution in [2.45, 2.75) is 0 Å². The fraction of sp³-hybridized carbons (Fsp3) is 0.0417. The number of rotatable bonds is 4. The van der Waals surface area contributed by atoms with Crippen molar-refractivity contribution in [1.82, 2.24) is 0 Å². The van der Waals surface area contributed by atoms with E-state index < -0.39 is 0 Å². The molecule has 1 amide bonds. The van der Waals surface area contributed by atoms with Gasteiger partial charge in [-0.25, -0.2) is 0 Å². The minimum atomic E-state index is -0.121. The van der Waals surface area contributed by atoms with E-state index in [2.05, 4.69) is 15.9 Å². The first-order valence-electron chi connectivity index (χ1n) is 9.00. The Hall–Kier alpha value is -2.82. The van der Waals surface area contributed by atoms with Crippen LogP contribution in [0.2, 0.25) is 5.02 Å². The number of halogens is 2. The summed E-state index contributed by atoms with van der Waals surface area (Å²) >= 11 is 9.92. The second kappa shape index (κ2) is 8.27. The zero-order valence-electron chi connectivity index (χ0n) is 15.6. The topological polar surface area (TPSA) is 29.5 Å². The zero-order valence-corrected chi connectivity index (χ0v) is 17.9. The van der Waals surface area contributed by atoms with E-state index in [4.69, 9.17) is 16.3 Å². The number of benzene rings is 3. The molecule has 0 spiro atoms. The number of para-hydroxylation sites is 1. The Morgan fingerprint density at radius 1 is 1.00 bits per heavy atom. The van der Waals surface area contributed by atoms with E-state index in [1.165, 1.54) is 0 Å². The highest BCUT2D eigenvalue weighted by atomic mass is 79.9. The number of hydrogen-bond acceptors (Lipinski definition) is 2. The van der Waals surface area contributed by atoms with Crippen LogP contribution in [0.1, 0.15) is 11.1 Å². The normalized spacial score (nSPS) is 15.0. The molecule has 0 saturated carbocycles. The van der Waals surface area contributed by atoms with Gasteiger partial charge in [0.1, 0.15) is 5.75 Å². The highest BCUT2D eigenvalue weighted by Crippen LogP contribution is 2.38. The van der Waals surface area contributed by atoms with E-state index in [-0.39, 0.29) is 5.91 Å². The van der Waals surface area contributed by atoms with Gasteiger partial charge in [0.05, 0.1) is 28.0 Å². The SMILES string of the molecule is COc1ccc(/C=C2/C=C(c3ccccc3)N(c3ccccc3Cl)C2=O)cc1Br. The Kier molecular flexibility index (Phi) is 5.56. The molecule has 3 aromatic rings. The highest BCUT2D eigenvalue weighted by Gasteiger charge is 2.31. The van der Waals surface area contributed by atoms with Gasteiger partial charge in [0, 0.05) is 5.57 Å². The number of anilines is 1. The largest absolute Gasteiger partial charge is 0.496 e. The average molecular weight is 467 g/mol. The van der Waals surface area contributed by atoms with Crippen molar-refractivity contribution in [1.29, 1.82) is 0 Å². The molecular weight excluding hydrogens is 450 g/mol. The van der Waals surface area contributed by atoms with Gasteiger partial charge in [-0.1, -0.05) is 60.1 Å². The maximum atomic E-state index is 13.4. The summed E-state index contributed by atoms with van der Waals surface area (Å²) in [5, 5.41) is 0.524. The van der Waals surface area contributed by atoms with Crippen LogP contribution in [0.5, 0.6) is 5.75 Å². The van der Waals surface area contributed by atoms with Crippen molar-refractivity contribution >= 4 is 50.9 Å². The first kappa shape index (κ1) is 19.5. The quantitative estimate of drug-likeness (QED) is 0.406. The second-order valence-corrected chi connectivity index (χ2v) is 7.74. The molecule has 29 heavy (non-hydrogen) atoms. The fourth-order valence-electron chi connectivity index (χ4n) is 3.26. The lowest BCUT2D eigenvalue weighted by atomic mass is 10.1. The minimum absolute atomic E-state index is 0.121. The molecule has 0 aromatic heterocycles. The summed E-state index contributed by atoms with van der Waals surface area (Å²) in [6.45, 7) is 0. The Morgan fingerprint density at radius 3 is 2.41 bits per heavy atom. The van der Waals surface area contributed by atoms with Gasteiger partial charge in [-0.05, 0) is 63.5 Å². The molecule has 1 aliphatic heterocycles. The first-order valence-corrected chi connectivity index (χ1v) is 10.2. The van der Waals surface area contributed by atoms with Crippen molar-refractivity contribution in [3.8, 4) is 5.75 Å². The Balaban J connectivity index is 1.82. The zero-order chi connectivity index (χ0) is 20.4. The molecule has 0 radical (unpaired) electrons. The molecule has 5 heteroatoms. The molecule has 3 aromatic carbocycles. The standard InChI is InChI=1S/C24H17BrClNO2/c1-29-23-12-11-16(14-19(23)25)13-18-15-22(17-7-3-2-4-8-17)27(24(18)28)21-10-6-5-9-20(21)26/h2-15H,1H3/b18-13-. The molecule has 0 saturated heterocycles. The number of amides is 1. The van der Waals surface area contributed by atoms with Crippen LogP contribution in [-0.4, -0.2) is 13.0 Å². The summed E-state index contributed by atoms with van der Waals surface area (Å²) in [7, 11) is 1.62. The lowest BCUT2D eigenvalue weighted by molar-refractivity contribution is -0.113. The number of hydrogen-bond donors (Lipinski definition) is 0. The summed E-state index contributed by atoms with van der Waals surface area (Å²) in [5.41, 5.74) is 3.88. The van der Waals surface area contributed by atoms with Crippen LogP contribution in [0.3, 0.4) is 0 Å². The lowest BCUT2D eigenvalue weighted by Gasteiger charge is -2.21. The third-order valence-corrected chi connectivity index (χ3v) is 5.58. The average Bonchev–Trinajstić information content (AvgIpc) is 3.05. The molecule has 0 N–H and O–H groups in total. The van der Waals surface area contributed by atoms with E-state index >= 15 is 0 Å². The molecule has 3 nitrogen and oxygen atoms in total. The van der Waals surface area contributed by atoms with Gasteiger partial charge in [0.2, 0.25) is 0 Å². The number of carbonyl (C=O) groups is 1. The van der Waals surface area contributed by atoms with Crippen LogP contribution in [0.4, 0.5) is 5.69 Å². The number of nitrogens with zero attached hydrogens (tertiary/aromatic N) is 1. The van der Waals surface area contributed by atoms with Crippen molar-refractivity contribution in [2.24, 2.45) is 0 Å². The van der Waals surface area contributed by atoms with E-state index in [9.17, 15) is 4.79 Å². The molecule has 1 heterocycles. The van der Waals surface area contributed by atoms with Crippen LogP contribution in [0.25, 0.3) is 11.8 Å². The summed E-state index contributed by atoms with van der Waals surface area (Å²) < 4.78 is 6.11. The third-order valence-electron chi connectivity index (χ3n) is 4.64. The second-order valence-electron chi connectivity index (χ2n) is 6.48. The molecule has 1 aliphatic rings. The van der Waals surface area contributed by atoms with E-state index in [1.807, 2.05) is 78.9 Å². The summed E-state index contributed by atoms with van der Waals surface area (Å²) in [4.78, 5) is 15.0. The van der Waals surface area contributed by atoms with Gasteiger partial charge in [-0.3, -0.25) is 9.69 Å². The summed E-state index contributed by atoms with van der Waals surface area (Å²) in [6, 6.07) is 22.9. The lowest BCUT2D eigenvalue weighted by Crippen LogP contribution is -2.25. The Labute approximate surface area is 183 Å². The minimum Gasteiger partial charge on any atom is -0.496 e. The smallest absolute Gasteiger partial charge is 0.262 e. The Bertz CT molecular complexity index is 1140. The molecular formula is C24H17BrClNO2. The first-order chi connectivity index (χ1) is 14.1. The van der Waals surface area contributed by atoms with Crippen LogP contribution < -0.4 is 9.64 Å². The summed E-state index contributed by atoms with van der Waals surface area (Å²) in [5.74, 6) is 0.618. The molecule has 4 rings (SSSR count). The van der Waals surface area contributed by atoms with Crippen LogP contribution in [0, 0.1) is 0 Å². The predicted molar refractivity (Wildman–Crippen MR) is 122 cm³/mol. The number of ether oxygens (including phenoxy) is 1. The van der Waals surface area contributed by atoms with Gasteiger partial charge in [-0.2, -0.15) is 0 Å². The van der Waals surface area contributed by atoms with Crippen molar-refractivity contribution in [3.63, 3.8) is 0 Å². The van der Waals surface area contributed by atoms with Crippen LogP contribution >= 0.6 is 27.5 Å². The van der Waals surface area contributed by atoms with Gasteiger partial charge in [0.15, 0.2) is 0 Å². The Morgan fingerprint density at radius 2 is 1.72 bits per heavy atom. The van der Waals surface area contributed by atoms with Crippen molar-refractivity contribution < 1.29 is 9.53 Å². The van der Waals surface area contributed by atoms with E-state index in [0.29, 0.717) is 16.3 Å². The fourth-order valence-corrected chi connectivity index (χ4v) is 4.04. The monoisotopic (exact) mass is 465 g/mol. The van der Waals surface area contributed by atoms with Crippen LogP contribution in [-0.2, 0) is 4.79 Å². The number of methoxy groups -OCH3 is 1. The van der Waals surface area contributed by atoms with E-state index in [1.54, 1.807) is 18.1 Å². The summed E-state index contributed by atoms with van der Waals surface area (Å²) in [6.07, 6.45) is 3.77. The molecule has 0 bridgehead atoms. The van der Waals surface area contributed by atoms with Gasteiger partial charge in [-0.15, -0.1) is 0 Å². The molecule has 0 atom stereocenters. The van der Waals surface area contributed by atoms with Gasteiger partial charge < -0.3 is 4.74 Å². The predicted octanol–water partition coefficient (Wildman–Crippen LogP) is 6.58. The van der Waals surface area contributed by atoms with Gasteiger partial charge >= 0.3 is 0 Å². The third kappa shape index (κ3) is 3.86. The van der Waals surface area contributed by atoms with Crippen molar-refractivity contribution in [3.05, 3.63) is 105 Å². The van der Waals surface area contributed by atoms with Gasteiger partial charge in [0.25, 0.3) is 5.91 Å². The molecule has 144 valence electrons. The highest BCUT2D eigenvalue weighted by molar-refractivity contribution is 9.10. The number of carbonyl (C=O) groups excluding carboxylic acids is 1. The maximum absolute atomic E-state index is 13.4. The van der Waals surface area contributed by atoms with E-state index in [0.717, 1.165) is 27.0 Å². The van der Waals surface area contributed by atoms with Crippen LogP contribution in [0.15, 0.2) is 88.9 Å². The molecule has 0 aliphatic carbocycles. The maximum Gasteiger partial charge on any atom is 0.262 e. The molecule has 0 fully saturated rings. The molecule has 0 unspecified atom stereocenters. The van der Waals surface area contributed by atoms with Crippen molar-refractivity contribution in [2.75, 3.05) is 12.0 Å².